The van der Waals surface area contributed by atoms with Gasteiger partial charge in [-0.05, 0) is 51.4 Å². The molecule has 1 amide bonds. The van der Waals surface area contributed by atoms with Crippen LogP contribution in [0, 0.1) is 0 Å². The molecule has 364 valence electrons. The number of allylic oxidation sites excluding steroid dienone is 5. The predicted octanol–water partition coefficient (Wildman–Crippen LogP) is 10.6. The number of hydrogen-bond acceptors (Lipinski definition) is 9. The Labute approximate surface area is 379 Å². The summed E-state index contributed by atoms with van der Waals surface area (Å²) >= 11 is 0. The van der Waals surface area contributed by atoms with E-state index < -0.39 is 61.5 Å². The van der Waals surface area contributed by atoms with Gasteiger partial charge in [-0.1, -0.05) is 211 Å². The minimum absolute atomic E-state index is 0.303. The molecule has 0 bridgehead atoms. The highest BCUT2D eigenvalue weighted by molar-refractivity contribution is 5.80. The first kappa shape index (κ1) is 58.4. The Balaban J connectivity index is 2.31. The van der Waals surface area contributed by atoms with Gasteiger partial charge in [-0.25, -0.2) is 0 Å². The van der Waals surface area contributed by atoms with Crippen LogP contribution in [0.5, 0.6) is 0 Å². The molecule has 0 aromatic rings. The zero-order valence-corrected chi connectivity index (χ0v) is 39.7. The molecule has 0 aliphatic carbocycles. The molecular weight excluding hydrogens is 783 g/mol. The second-order valence-electron chi connectivity index (χ2n) is 18.1. The summed E-state index contributed by atoms with van der Waals surface area (Å²) in [5.74, 6) is -0.621. The van der Waals surface area contributed by atoms with Gasteiger partial charge in [0.05, 0.1) is 25.4 Å². The number of amides is 1. The van der Waals surface area contributed by atoms with E-state index in [1.165, 1.54) is 148 Å². The lowest BCUT2D eigenvalue weighted by atomic mass is 9.99. The number of rotatable bonds is 43. The Bertz CT molecular complexity index is 1080. The molecule has 62 heavy (non-hydrogen) atoms. The van der Waals surface area contributed by atoms with Gasteiger partial charge in [-0.2, -0.15) is 0 Å². The van der Waals surface area contributed by atoms with Crippen LogP contribution in [0.4, 0.5) is 0 Å². The highest BCUT2D eigenvalue weighted by Gasteiger charge is 2.44. The van der Waals surface area contributed by atoms with Gasteiger partial charge in [0, 0.05) is 0 Å². The molecule has 10 nitrogen and oxygen atoms in total. The average Bonchev–Trinajstić information content (AvgIpc) is 3.27. The summed E-state index contributed by atoms with van der Waals surface area (Å²) in [5, 5.41) is 64.8. The number of ether oxygens (including phenoxy) is 2. The van der Waals surface area contributed by atoms with Crippen molar-refractivity contribution in [1.29, 1.82) is 0 Å². The first-order chi connectivity index (χ1) is 30.3. The van der Waals surface area contributed by atoms with Crippen molar-refractivity contribution >= 4 is 5.91 Å². The molecule has 1 aliphatic rings. The van der Waals surface area contributed by atoms with Crippen molar-refractivity contribution in [2.24, 2.45) is 0 Å². The molecule has 0 aromatic carbocycles. The van der Waals surface area contributed by atoms with Crippen molar-refractivity contribution in [3.63, 3.8) is 0 Å². The fourth-order valence-corrected chi connectivity index (χ4v) is 8.08. The number of aliphatic hydroxyl groups excluding tert-OH is 6. The molecule has 1 fully saturated rings. The van der Waals surface area contributed by atoms with Crippen LogP contribution in [0.3, 0.4) is 0 Å². The molecule has 8 atom stereocenters. The third-order valence-electron chi connectivity index (χ3n) is 12.3. The quantitative estimate of drug-likeness (QED) is 0.0233. The lowest BCUT2D eigenvalue weighted by Gasteiger charge is -2.40. The maximum atomic E-state index is 13.1. The van der Waals surface area contributed by atoms with E-state index in [2.05, 4.69) is 43.5 Å². The third kappa shape index (κ3) is 31.3. The molecule has 7 N–H and O–H groups in total. The molecule has 0 radical (unpaired) electrons. The molecule has 1 heterocycles. The van der Waals surface area contributed by atoms with Crippen LogP contribution in [0.15, 0.2) is 36.5 Å². The summed E-state index contributed by atoms with van der Waals surface area (Å²) in [6.45, 7) is 3.61. The van der Waals surface area contributed by atoms with Crippen molar-refractivity contribution < 1.29 is 44.9 Å². The van der Waals surface area contributed by atoms with Crippen LogP contribution in [0.1, 0.15) is 226 Å². The summed E-state index contributed by atoms with van der Waals surface area (Å²) in [5.41, 5.74) is 0. The maximum Gasteiger partial charge on any atom is 0.249 e. The van der Waals surface area contributed by atoms with E-state index in [-0.39, 0.29) is 6.61 Å². The van der Waals surface area contributed by atoms with Crippen molar-refractivity contribution in [2.75, 3.05) is 13.2 Å². The normalized spacial score (nSPS) is 21.1. The maximum absolute atomic E-state index is 13.1. The Morgan fingerprint density at radius 1 is 0.565 bits per heavy atom. The molecule has 8 unspecified atom stereocenters. The van der Waals surface area contributed by atoms with Crippen LogP contribution in [-0.2, 0) is 14.3 Å². The lowest BCUT2D eigenvalue weighted by Crippen LogP contribution is -2.60. The molecule has 1 saturated heterocycles. The first-order valence-corrected chi connectivity index (χ1v) is 25.8. The van der Waals surface area contributed by atoms with Gasteiger partial charge in [0.25, 0.3) is 0 Å². The van der Waals surface area contributed by atoms with E-state index in [0.717, 1.165) is 51.4 Å². The molecule has 0 spiro atoms. The Kier molecular flexibility index (Phi) is 39.6. The van der Waals surface area contributed by atoms with E-state index in [1.54, 1.807) is 6.08 Å². The van der Waals surface area contributed by atoms with Gasteiger partial charge < -0.3 is 45.4 Å². The van der Waals surface area contributed by atoms with E-state index in [0.29, 0.717) is 12.8 Å². The van der Waals surface area contributed by atoms with E-state index in [9.17, 15) is 35.4 Å². The third-order valence-corrected chi connectivity index (χ3v) is 12.3. The van der Waals surface area contributed by atoms with Gasteiger partial charge in [-0.15, -0.1) is 0 Å². The lowest BCUT2D eigenvalue weighted by molar-refractivity contribution is -0.302. The Morgan fingerprint density at radius 2 is 0.984 bits per heavy atom. The second-order valence-corrected chi connectivity index (χ2v) is 18.1. The number of nitrogens with one attached hydrogen (secondary N) is 1. The highest BCUT2D eigenvalue weighted by atomic mass is 16.7. The molecule has 0 aromatic heterocycles. The summed E-state index contributed by atoms with van der Waals surface area (Å²) in [7, 11) is 0. The topological polar surface area (TPSA) is 169 Å². The zero-order chi connectivity index (χ0) is 45.3. The van der Waals surface area contributed by atoms with E-state index in [1.807, 2.05) is 6.08 Å². The van der Waals surface area contributed by atoms with Crippen LogP contribution >= 0.6 is 0 Å². The van der Waals surface area contributed by atoms with Gasteiger partial charge in [0.1, 0.15) is 30.5 Å². The van der Waals surface area contributed by atoms with Crippen molar-refractivity contribution in [2.45, 2.75) is 275 Å². The van der Waals surface area contributed by atoms with Crippen molar-refractivity contribution in [1.82, 2.24) is 5.32 Å². The predicted molar refractivity (Wildman–Crippen MR) is 255 cm³/mol. The monoisotopic (exact) mass is 880 g/mol. The minimum Gasteiger partial charge on any atom is -0.394 e. The second kappa shape index (κ2) is 42.0. The van der Waals surface area contributed by atoms with Crippen LogP contribution in [-0.4, -0.2) is 98.7 Å². The first-order valence-electron chi connectivity index (χ1n) is 25.8. The number of carbonyl (C=O) groups is 1. The van der Waals surface area contributed by atoms with Gasteiger partial charge >= 0.3 is 0 Å². The van der Waals surface area contributed by atoms with E-state index >= 15 is 0 Å². The summed E-state index contributed by atoms with van der Waals surface area (Å²) in [6.07, 6.45) is 42.3. The SMILES string of the molecule is CCCCCCCCCCC/C=C\C/C=C\CCCCCCCCCCC(O)C(=O)NC(COC1OC(CO)C(O)C(O)C1O)C(O)/C=C/CCCCCCCCCCCCC. The minimum atomic E-state index is -1.61. The fraction of sp³-hybridized carbons (Fsp3) is 0.865. The van der Waals surface area contributed by atoms with Gasteiger partial charge in [0.2, 0.25) is 5.91 Å². The summed E-state index contributed by atoms with van der Waals surface area (Å²) in [4.78, 5) is 13.1. The number of aliphatic hydroxyl groups is 6. The van der Waals surface area contributed by atoms with Crippen molar-refractivity contribution in [3.05, 3.63) is 36.5 Å². The number of unbranched alkanes of at least 4 members (excludes halogenated alkanes) is 28. The van der Waals surface area contributed by atoms with Crippen LogP contribution in [0.2, 0.25) is 0 Å². The number of carbonyl (C=O) groups excluding carboxylic acids is 1. The summed E-state index contributed by atoms with van der Waals surface area (Å²) < 4.78 is 11.1. The Hall–Kier alpha value is -1.63. The zero-order valence-electron chi connectivity index (χ0n) is 39.7. The number of hydrogen-bond donors (Lipinski definition) is 7. The smallest absolute Gasteiger partial charge is 0.249 e. The van der Waals surface area contributed by atoms with Gasteiger partial charge in [0.15, 0.2) is 6.29 Å². The van der Waals surface area contributed by atoms with Crippen LogP contribution in [0.25, 0.3) is 0 Å². The summed E-state index contributed by atoms with van der Waals surface area (Å²) in [6, 6.07) is -0.982. The molecule has 1 rings (SSSR count). The van der Waals surface area contributed by atoms with Gasteiger partial charge in [-0.3, -0.25) is 4.79 Å². The fourth-order valence-electron chi connectivity index (χ4n) is 8.08. The Morgan fingerprint density at radius 3 is 1.44 bits per heavy atom. The standard InChI is InChI=1S/C52H97NO9/c1-3-5-7-9-11-13-15-17-18-19-20-21-22-23-24-25-26-27-29-31-33-35-37-39-41-46(56)51(60)53-44(43-61-52-50(59)49(58)48(57)47(42-54)62-52)45(55)40-38-36-34-32-30-28-16-14-12-10-8-6-4-2/h20-21,23-24,38,40,44-50,52,54-59H,3-19,22,25-37,39,41-43H2,1-2H3,(H,53,60)/b21-20-,24-23-,40-38+. The molecule has 0 saturated carbocycles. The largest absolute Gasteiger partial charge is 0.394 e. The highest BCUT2D eigenvalue weighted by Crippen LogP contribution is 2.23. The van der Waals surface area contributed by atoms with Crippen LogP contribution < -0.4 is 5.32 Å². The average molecular weight is 880 g/mol. The molecule has 1 aliphatic heterocycles. The molecule has 10 heteroatoms. The molecular formula is C52H97NO9. The van der Waals surface area contributed by atoms with Crippen molar-refractivity contribution in [3.8, 4) is 0 Å². The van der Waals surface area contributed by atoms with E-state index in [4.69, 9.17) is 9.47 Å².